The summed E-state index contributed by atoms with van der Waals surface area (Å²) in [7, 11) is 0. The van der Waals surface area contributed by atoms with Crippen LogP contribution in [0, 0.1) is 11.3 Å². The molecule has 0 aliphatic carbocycles. The summed E-state index contributed by atoms with van der Waals surface area (Å²) in [6.45, 7) is 9.93. The highest BCUT2D eigenvalue weighted by molar-refractivity contribution is 7.10. The predicted molar refractivity (Wildman–Crippen MR) is 119 cm³/mol. The number of thiophene rings is 1. The van der Waals surface area contributed by atoms with E-state index < -0.39 is 35.8 Å². The van der Waals surface area contributed by atoms with Crippen molar-refractivity contribution in [1.82, 2.24) is 16.0 Å². The van der Waals surface area contributed by atoms with Crippen LogP contribution < -0.4 is 16.0 Å². The van der Waals surface area contributed by atoms with E-state index in [4.69, 9.17) is 4.74 Å². The van der Waals surface area contributed by atoms with E-state index in [1.807, 2.05) is 26.2 Å². The molecular weight excluding hydrogens is 418 g/mol. The van der Waals surface area contributed by atoms with Gasteiger partial charge in [0.1, 0.15) is 6.04 Å². The minimum absolute atomic E-state index is 0.204. The number of nitrogens with one attached hydrogen (secondary N) is 3. The lowest BCUT2D eigenvalue weighted by Crippen LogP contribution is -2.55. The first-order chi connectivity index (χ1) is 14.5. The SMILES string of the molecule is CC(C)C(NC(=O)OCC(C)(C)C)C(=O)NC1CCc2csc(c2)CCNC(=O)C1=O. The average Bonchev–Trinajstić information content (AvgIpc) is 3.12. The number of fused-ring (bicyclic) bond motifs is 2. The van der Waals surface area contributed by atoms with Gasteiger partial charge in [0.15, 0.2) is 0 Å². The van der Waals surface area contributed by atoms with Gasteiger partial charge in [-0.2, -0.15) is 0 Å². The smallest absolute Gasteiger partial charge is 0.407 e. The number of amides is 3. The molecule has 8 nitrogen and oxygen atoms in total. The third-order valence-electron chi connectivity index (χ3n) is 4.80. The van der Waals surface area contributed by atoms with Crippen LogP contribution in [0.5, 0.6) is 0 Å². The van der Waals surface area contributed by atoms with E-state index in [-0.39, 0.29) is 17.9 Å². The van der Waals surface area contributed by atoms with E-state index in [0.717, 1.165) is 10.4 Å². The van der Waals surface area contributed by atoms with E-state index in [1.165, 1.54) is 0 Å². The molecule has 0 saturated carbocycles. The molecule has 2 heterocycles. The van der Waals surface area contributed by atoms with Crippen LogP contribution in [-0.4, -0.2) is 48.9 Å². The maximum absolute atomic E-state index is 12.9. The van der Waals surface area contributed by atoms with E-state index in [1.54, 1.807) is 25.2 Å². The minimum atomic E-state index is -0.970. The lowest BCUT2D eigenvalue weighted by Gasteiger charge is -2.25. The average molecular weight is 452 g/mol. The molecule has 1 aromatic heterocycles. The van der Waals surface area contributed by atoms with Gasteiger partial charge in [0, 0.05) is 11.4 Å². The summed E-state index contributed by atoms with van der Waals surface area (Å²) in [4.78, 5) is 51.2. The predicted octanol–water partition coefficient (Wildman–Crippen LogP) is 2.20. The standard InChI is InChI=1S/C22H33N3O5S/c1-13(2)17(25-21(29)30-12-22(3,4)5)19(27)24-16-7-6-14-10-15(31-11-14)8-9-23-20(28)18(16)26/h10-11,13,16-17H,6-9,12H2,1-5H3,(H,23,28)(H,24,27)(H,25,29). The second kappa shape index (κ2) is 10.7. The summed E-state index contributed by atoms with van der Waals surface area (Å²) in [5.41, 5.74) is 0.869. The van der Waals surface area contributed by atoms with Crippen LogP contribution >= 0.6 is 11.3 Å². The maximum Gasteiger partial charge on any atom is 0.407 e. The molecule has 2 bridgehead atoms. The van der Waals surface area contributed by atoms with Crippen molar-refractivity contribution in [3.63, 3.8) is 0 Å². The maximum atomic E-state index is 12.9. The number of carbonyl (C=O) groups is 4. The van der Waals surface area contributed by atoms with Crippen molar-refractivity contribution in [3.05, 3.63) is 21.9 Å². The Bertz CT molecular complexity index is 812. The molecule has 2 rings (SSSR count). The molecule has 3 N–H and O–H groups in total. The van der Waals surface area contributed by atoms with Crippen molar-refractivity contribution < 1.29 is 23.9 Å². The number of ketones is 1. The van der Waals surface area contributed by atoms with Crippen molar-refractivity contribution in [1.29, 1.82) is 0 Å². The number of Topliss-reactive ketones (excluding diaryl/α,β-unsaturated/α-hetero) is 1. The van der Waals surface area contributed by atoms with Gasteiger partial charge in [-0.25, -0.2) is 4.79 Å². The topological polar surface area (TPSA) is 114 Å². The number of ether oxygens (including phenoxy) is 1. The Morgan fingerprint density at radius 2 is 1.97 bits per heavy atom. The molecular formula is C22H33N3O5S. The van der Waals surface area contributed by atoms with Crippen LogP contribution in [0.15, 0.2) is 11.4 Å². The van der Waals surface area contributed by atoms with Gasteiger partial charge in [-0.05, 0) is 47.6 Å². The zero-order chi connectivity index (χ0) is 23.2. The quantitative estimate of drug-likeness (QED) is 0.594. The number of carbonyl (C=O) groups excluding carboxylic acids is 4. The Morgan fingerprint density at radius 3 is 2.61 bits per heavy atom. The number of alkyl carbamates (subject to hydrolysis) is 1. The normalized spacial score (nSPS) is 18.6. The molecule has 2 unspecified atom stereocenters. The summed E-state index contributed by atoms with van der Waals surface area (Å²) in [6.07, 6.45) is 0.832. The van der Waals surface area contributed by atoms with Gasteiger partial charge in [0.2, 0.25) is 11.7 Å². The van der Waals surface area contributed by atoms with Crippen LogP contribution in [0.25, 0.3) is 0 Å². The fourth-order valence-electron chi connectivity index (χ4n) is 3.06. The van der Waals surface area contributed by atoms with Gasteiger partial charge >= 0.3 is 6.09 Å². The molecule has 0 aromatic carbocycles. The zero-order valence-corrected chi connectivity index (χ0v) is 19.7. The van der Waals surface area contributed by atoms with Crippen molar-refractivity contribution in [2.75, 3.05) is 13.2 Å². The first kappa shape index (κ1) is 24.8. The van der Waals surface area contributed by atoms with Crippen LogP contribution in [0.2, 0.25) is 0 Å². The molecule has 1 aliphatic heterocycles. The Morgan fingerprint density at radius 1 is 1.26 bits per heavy atom. The molecule has 9 heteroatoms. The van der Waals surface area contributed by atoms with Crippen LogP contribution in [0.4, 0.5) is 4.79 Å². The highest BCUT2D eigenvalue weighted by Crippen LogP contribution is 2.18. The van der Waals surface area contributed by atoms with E-state index in [0.29, 0.717) is 25.8 Å². The second-order valence-electron chi connectivity index (χ2n) is 9.39. The fourth-order valence-corrected chi connectivity index (χ4v) is 3.99. The highest BCUT2D eigenvalue weighted by atomic mass is 32.1. The summed E-state index contributed by atoms with van der Waals surface area (Å²) >= 11 is 1.62. The molecule has 3 amide bonds. The Kier molecular flexibility index (Phi) is 8.61. The van der Waals surface area contributed by atoms with Gasteiger partial charge in [0.05, 0.1) is 12.6 Å². The fraction of sp³-hybridized carbons (Fsp3) is 0.636. The second-order valence-corrected chi connectivity index (χ2v) is 10.4. The lowest BCUT2D eigenvalue weighted by molar-refractivity contribution is -0.140. The zero-order valence-electron chi connectivity index (χ0n) is 18.9. The van der Waals surface area contributed by atoms with Gasteiger partial charge < -0.3 is 20.7 Å². The number of aryl methyl sites for hydroxylation is 1. The Labute approximate surface area is 187 Å². The van der Waals surface area contributed by atoms with Crippen molar-refractivity contribution >= 4 is 35.0 Å². The molecule has 0 radical (unpaired) electrons. The number of hydrogen-bond donors (Lipinski definition) is 3. The summed E-state index contributed by atoms with van der Waals surface area (Å²) in [6, 6.07) is 0.201. The molecule has 1 aromatic rings. The van der Waals surface area contributed by atoms with E-state index >= 15 is 0 Å². The molecule has 2 atom stereocenters. The van der Waals surface area contributed by atoms with Crippen LogP contribution in [0.1, 0.15) is 51.5 Å². The Hall–Kier alpha value is -2.42. The Balaban J connectivity index is 2.07. The third-order valence-corrected chi connectivity index (χ3v) is 5.85. The van der Waals surface area contributed by atoms with E-state index in [2.05, 4.69) is 22.0 Å². The largest absolute Gasteiger partial charge is 0.449 e. The molecule has 1 aliphatic rings. The summed E-state index contributed by atoms with van der Waals surface area (Å²) < 4.78 is 5.20. The van der Waals surface area contributed by atoms with Gasteiger partial charge in [-0.15, -0.1) is 11.3 Å². The van der Waals surface area contributed by atoms with Crippen LogP contribution in [-0.2, 0) is 32.0 Å². The van der Waals surface area contributed by atoms with Gasteiger partial charge in [0.25, 0.3) is 5.91 Å². The lowest BCUT2D eigenvalue weighted by atomic mass is 9.99. The van der Waals surface area contributed by atoms with Gasteiger partial charge in [-0.3, -0.25) is 14.4 Å². The molecule has 0 fully saturated rings. The minimum Gasteiger partial charge on any atom is -0.449 e. The van der Waals surface area contributed by atoms with E-state index in [9.17, 15) is 19.2 Å². The summed E-state index contributed by atoms with van der Waals surface area (Å²) in [5, 5.41) is 9.92. The molecule has 0 saturated heterocycles. The molecule has 0 spiro atoms. The first-order valence-electron chi connectivity index (χ1n) is 10.6. The van der Waals surface area contributed by atoms with Crippen molar-refractivity contribution in [3.8, 4) is 0 Å². The van der Waals surface area contributed by atoms with Crippen molar-refractivity contribution in [2.45, 2.75) is 66.0 Å². The molecule has 31 heavy (non-hydrogen) atoms. The monoisotopic (exact) mass is 451 g/mol. The third kappa shape index (κ3) is 7.97. The number of hydrogen-bond acceptors (Lipinski definition) is 6. The van der Waals surface area contributed by atoms with Crippen LogP contribution in [0.3, 0.4) is 0 Å². The van der Waals surface area contributed by atoms with Crippen molar-refractivity contribution in [2.24, 2.45) is 11.3 Å². The number of rotatable bonds is 5. The van der Waals surface area contributed by atoms with Gasteiger partial charge in [-0.1, -0.05) is 34.6 Å². The molecule has 172 valence electrons. The highest BCUT2D eigenvalue weighted by Gasteiger charge is 2.32. The summed E-state index contributed by atoms with van der Waals surface area (Å²) in [5.74, 6) is -2.15. The first-order valence-corrected chi connectivity index (χ1v) is 11.5.